The molecule has 0 radical (unpaired) electrons. The zero-order valence-electron chi connectivity index (χ0n) is 5.90. The summed E-state index contributed by atoms with van der Waals surface area (Å²) < 4.78 is 0. The van der Waals surface area contributed by atoms with Crippen LogP contribution in [-0.4, -0.2) is 21.9 Å². The molecule has 0 spiro atoms. The van der Waals surface area contributed by atoms with Gasteiger partial charge in [-0.3, -0.25) is 0 Å². The average Bonchev–Trinajstić information content (AvgIpc) is 2.20. The Kier molecular flexibility index (Phi) is 5.04. The van der Waals surface area contributed by atoms with Crippen LogP contribution >= 0.6 is 22.6 Å². The molecule has 0 aliphatic carbocycles. The van der Waals surface area contributed by atoms with Crippen LogP contribution in [0.2, 0.25) is 0 Å². The van der Waals surface area contributed by atoms with Gasteiger partial charge in [0.2, 0.25) is 0 Å². The van der Waals surface area contributed by atoms with Crippen LogP contribution in [0.5, 0.6) is 0 Å². The number of nitrogens with zero attached hydrogens (tertiary/aromatic N) is 1. The molecule has 1 rings (SSSR count). The summed E-state index contributed by atoms with van der Waals surface area (Å²) >= 11 is 2.15. The van der Waals surface area contributed by atoms with E-state index < -0.39 is 0 Å². The second-order valence-electron chi connectivity index (χ2n) is 1.65. The molecule has 0 fully saturated rings. The van der Waals surface area contributed by atoms with Crippen LogP contribution in [0.1, 0.15) is 11.4 Å². The molecule has 1 aromatic rings. The molecule has 0 amide bonds. The van der Waals surface area contributed by atoms with E-state index in [-0.39, 0.29) is 0 Å². The van der Waals surface area contributed by atoms with Gasteiger partial charge in [-0.25, -0.2) is 0 Å². The summed E-state index contributed by atoms with van der Waals surface area (Å²) in [5, 5.41) is 0. The second-order valence-corrected chi connectivity index (χ2v) is 1.65. The molecular weight excluding hydrogens is 226 g/mol. The van der Waals surface area contributed by atoms with Crippen molar-refractivity contribution >= 4 is 29.6 Å². The van der Waals surface area contributed by atoms with Gasteiger partial charge in [0.25, 0.3) is 0 Å². The van der Waals surface area contributed by atoms with Gasteiger partial charge in [-0.05, 0) is 4.93 Å². The van der Waals surface area contributed by atoms with Crippen LogP contribution in [0.25, 0.3) is 0 Å². The van der Waals surface area contributed by atoms with Gasteiger partial charge in [0, 0.05) is 0 Å². The van der Waals surface area contributed by atoms with Gasteiger partial charge in [-0.15, -0.1) is 0 Å². The predicted molar refractivity (Wildman–Crippen MR) is 49.4 cm³/mol. The minimum absolute atomic E-state index is 0.984. The number of aromatic nitrogens is 2. The third-order valence-corrected chi connectivity index (χ3v) is 0.830. The van der Waals surface area contributed by atoms with Gasteiger partial charge in [0.05, 0.1) is 0 Å². The van der Waals surface area contributed by atoms with Gasteiger partial charge in [0.15, 0.2) is 0 Å². The van der Waals surface area contributed by atoms with E-state index in [4.69, 9.17) is 0 Å². The molecule has 0 bridgehead atoms. The van der Waals surface area contributed by atoms with Crippen molar-refractivity contribution in [1.29, 1.82) is 0 Å². The summed E-state index contributed by atoms with van der Waals surface area (Å²) in [4.78, 5) is 8.96. The summed E-state index contributed by atoms with van der Waals surface area (Å²) in [6.07, 6.45) is 0. The van der Waals surface area contributed by atoms with E-state index in [1.54, 1.807) is 0 Å². The first kappa shape index (κ1) is 9.13. The molecular formula is C5H10BIN2. The molecule has 50 valence electrons. The maximum absolute atomic E-state index is 3.96. The van der Waals surface area contributed by atoms with Crippen LogP contribution in [0.4, 0.5) is 0 Å². The number of hydrogen-bond donors (Lipinski definition) is 1. The van der Waals surface area contributed by atoms with Crippen molar-refractivity contribution in [2.24, 2.45) is 0 Å². The normalized spacial score (nSPS) is 7.56. The molecule has 1 aromatic heterocycles. The topological polar surface area (TPSA) is 28.7 Å². The standard InChI is InChI=1S/C4H7BN2.CH3I/c1-3-5-7-4(2)6-3;1-2/h1-2H3,(H,6,7);1H3. The Balaban J connectivity index is 0.000000291. The van der Waals surface area contributed by atoms with Crippen LogP contribution in [0.15, 0.2) is 0 Å². The summed E-state index contributed by atoms with van der Waals surface area (Å²) in [6.45, 7) is 3.92. The van der Waals surface area contributed by atoms with E-state index in [0.717, 1.165) is 11.4 Å². The quantitative estimate of drug-likeness (QED) is 0.535. The van der Waals surface area contributed by atoms with Gasteiger partial charge in [-0.1, -0.05) is 22.6 Å². The molecule has 9 heavy (non-hydrogen) atoms. The van der Waals surface area contributed by atoms with E-state index in [2.05, 4.69) is 32.5 Å². The van der Waals surface area contributed by atoms with E-state index in [0.29, 0.717) is 0 Å². The van der Waals surface area contributed by atoms with Crippen molar-refractivity contribution in [3.8, 4) is 0 Å². The molecule has 0 saturated carbocycles. The van der Waals surface area contributed by atoms with E-state index in [1.165, 1.54) is 0 Å². The molecule has 0 atom stereocenters. The molecule has 0 aromatic carbocycles. The average molecular weight is 236 g/mol. The fraction of sp³-hybridized carbons (Fsp3) is 0.600. The van der Waals surface area contributed by atoms with E-state index in [9.17, 15) is 0 Å². The zero-order chi connectivity index (χ0) is 7.28. The monoisotopic (exact) mass is 236 g/mol. The summed E-state index contributed by atoms with van der Waals surface area (Å²) in [6, 6.07) is 0. The minimum atomic E-state index is 0.984. The van der Waals surface area contributed by atoms with Crippen molar-refractivity contribution in [1.82, 2.24) is 9.88 Å². The Morgan fingerprint density at radius 1 is 1.44 bits per heavy atom. The fourth-order valence-corrected chi connectivity index (χ4v) is 0.544. The number of hydrogen-bond acceptors (Lipinski definition) is 1. The first-order valence-electron chi connectivity index (χ1n) is 2.65. The number of H-pyrrole nitrogens is 1. The van der Waals surface area contributed by atoms with E-state index in [1.807, 2.05) is 25.8 Å². The first-order valence-corrected chi connectivity index (χ1v) is 4.81. The molecule has 1 N–H and O–H groups in total. The number of aromatic amines is 1. The third-order valence-electron chi connectivity index (χ3n) is 0.830. The molecule has 0 saturated heterocycles. The maximum atomic E-state index is 3.96. The summed E-state index contributed by atoms with van der Waals surface area (Å²) in [5.41, 5.74) is 1.12. The van der Waals surface area contributed by atoms with Crippen LogP contribution in [-0.2, 0) is 0 Å². The zero-order valence-corrected chi connectivity index (χ0v) is 8.06. The second kappa shape index (κ2) is 4.96. The fourth-order valence-electron chi connectivity index (χ4n) is 0.544. The number of alkyl halides is 1. The van der Waals surface area contributed by atoms with Gasteiger partial charge >= 0.3 is 42.2 Å². The summed E-state index contributed by atoms with van der Waals surface area (Å²) in [7, 11) is 1.81. The Morgan fingerprint density at radius 2 is 2.00 bits per heavy atom. The first-order chi connectivity index (χ1) is 4.29. The Bertz CT molecular complexity index is 147. The van der Waals surface area contributed by atoms with Crippen molar-refractivity contribution in [3.63, 3.8) is 0 Å². The molecule has 1 heterocycles. The van der Waals surface area contributed by atoms with Crippen molar-refractivity contribution < 1.29 is 0 Å². The number of rotatable bonds is 0. The van der Waals surface area contributed by atoms with Gasteiger partial charge in [-0.2, -0.15) is 0 Å². The van der Waals surface area contributed by atoms with Crippen LogP contribution < -0.4 is 0 Å². The molecule has 0 aliphatic heterocycles. The molecule has 0 aliphatic rings. The molecule has 2 nitrogen and oxygen atoms in total. The Hall–Kier alpha value is 0.135. The van der Waals surface area contributed by atoms with Gasteiger partial charge < -0.3 is 0 Å². The van der Waals surface area contributed by atoms with Crippen molar-refractivity contribution in [2.75, 3.05) is 4.93 Å². The van der Waals surface area contributed by atoms with Crippen molar-refractivity contribution in [3.05, 3.63) is 11.4 Å². The third kappa shape index (κ3) is 3.67. The predicted octanol–water partition coefficient (Wildman–Crippen LogP) is 1.42. The number of halogens is 1. The molecule has 0 unspecified atom stereocenters. The van der Waals surface area contributed by atoms with Crippen LogP contribution in [0.3, 0.4) is 0 Å². The van der Waals surface area contributed by atoms with Crippen LogP contribution in [0, 0.1) is 13.8 Å². The Labute approximate surface area is 69.8 Å². The number of nitrogens with one attached hydrogen (secondary N) is 1. The number of aryl methyl sites for hydroxylation is 2. The van der Waals surface area contributed by atoms with E-state index >= 15 is 0 Å². The summed E-state index contributed by atoms with van der Waals surface area (Å²) in [5.74, 6) is 0.984. The SMILES string of the molecule is CI.Cc1bnc(C)[nH]1. The Morgan fingerprint density at radius 3 is 2.11 bits per heavy atom. The van der Waals surface area contributed by atoms with Crippen molar-refractivity contribution in [2.45, 2.75) is 13.8 Å². The molecule has 4 heteroatoms. The van der Waals surface area contributed by atoms with Gasteiger partial charge in [0.1, 0.15) is 0 Å².